The predicted octanol–water partition coefficient (Wildman–Crippen LogP) is 4.61. The highest BCUT2D eigenvalue weighted by molar-refractivity contribution is 7.10. The van der Waals surface area contributed by atoms with Crippen molar-refractivity contribution < 1.29 is 4.74 Å². The van der Waals surface area contributed by atoms with Gasteiger partial charge in [0.2, 0.25) is 0 Å². The van der Waals surface area contributed by atoms with E-state index >= 15 is 0 Å². The van der Waals surface area contributed by atoms with Crippen molar-refractivity contribution in [2.24, 2.45) is 0 Å². The van der Waals surface area contributed by atoms with Crippen LogP contribution in [-0.2, 0) is 6.42 Å². The van der Waals surface area contributed by atoms with E-state index in [1.54, 1.807) is 18.4 Å². The minimum Gasteiger partial charge on any atom is -0.496 e. The van der Waals surface area contributed by atoms with E-state index in [-0.39, 0.29) is 6.04 Å². The van der Waals surface area contributed by atoms with E-state index in [9.17, 15) is 0 Å². The molecule has 2 aromatic rings. The highest BCUT2D eigenvalue weighted by atomic mass is 35.5. The molecule has 0 saturated heterocycles. The van der Waals surface area contributed by atoms with Gasteiger partial charge in [0, 0.05) is 21.3 Å². The van der Waals surface area contributed by atoms with Gasteiger partial charge < -0.3 is 10.1 Å². The zero-order valence-corrected chi connectivity index (χ0v) is 13.6. The van der Waals surface area contributed by atoms with Crippen molar-refractivity contribution in [1.29, 1.82) is 0 Å². The molecular formula is C16H20ClNOS. The molecule has 1 atom stereocenters. The Morgan fingerprint density at radius 1 is 1.35 bits per heavy atom. The Morgan fingerprint density at radius 3 is 2.75 bits per heavy atom. The fraction of sp³-hybridized carbons (Fsp3) is 0.375. The largest absolute Gasteiger partial charge is 0.496 e. The molecule has 2 nitrogen and oxygen atoms in total. The lowest BCUT2D eigenvalue weighted by Gasteiger charge is -2.17. The third-order valence-electron chi connectivity index (χ3n) is 3.26. The second kappa shape index (κ2) is 7.11. The number of hydrogen-bond acceptors (Lipinski definition) is 3. The molecule has 0 aliphatic heterocycles. The van der Waals surface area contributed by atoms with Gasteiger partial charge in [-0.2, -0.15) is 0 Å². The first-order chi connectivity index (χ1) is 9.63. The Hall–Kier alpha value is -1.03. The molecule has 1 aromatic heterocycles. The number of halogens is 1. The molecule has 0 fully saturated rings. The highest BCUT2D eigenvalue weighted by Crippen LogP contribution is 2.30. The van der Waals surface area contributed by atoms with E-state index in [0.29, 0.717) is 0 Å². The Morgan fingerprint density at radius 2 is 2.15 bits per heavy atom. The maximum Gasteiger partial charge on any atom is 0.129 e. The van der Waals surface area contributed by atoms with Crippen LogP contribution < -0.4 is 10.1 Å². The molecule has 0 amide bonds. The van der Waals surface area contributed by atoms with Crippen LogP contribution in [0.3, 0.4) is 0 Å². The first-order valence-corrected chi connectivity index (χ1v) is 8.00. The summed E-state index contributed by atoms with van der Waals surface area (Å²) in [6.07, 6.45) is 0.886. The van der Waals surface area contributed by atoms with Gasteiger partial charge in [0.15, 0.2) is 0 Å². The minimum atomic E-state index is 0.272. The van der Waals surface area contributed by atoms with Gasteiger partial charge in [-0.1, -0.05) is 30.7 Å². The maximum atomic E-state index is 6.34. The van der Waals surface area contributed by atoms with E-state index in [0.717, 1.165) is 23.7 Å². The number of nitrogens with one attached hydrogen (secondary N) is 1. The van der Waals surface area contributed by atoms with Crippen LogP contribution in [0.1, 0.15) is 29.0 Å². The summed E-state index contributed by atoms with van der Waals surface area (Å²) in [6, 6.07) is 8.62. The molecule has 20 heavy (non-hydrogen) atoms. The first kappa shape index (κ1) is 15.4. The van der Waals surface area contributed by atoms with E-state index in [4.69, 9.17) is 16.3 Å². The molecular weight excluding hydrogens is 290 g/mol. The molecule has 1 heterocycles. The van der Waals surface area contributed by atoms with Crippen LogP contribution in [0, 0.1) is 6.92 Å². The standard InChI is InChI=1S/C16H20ClNOS/c1-4-18-15(16-9-13(19-3)10-20-16)8-12-6-5-11(2)7-14(12)17/h5-7,9-10,15,18H,4,8H2,1-3H3. The Bertz CT molecular complexity index is 567. The lowest BCUT2D eigenvalue weighted by atomic mass is 10.0. The van der Waals surface area contributed by atoms with Crippen molar-refractivity contribution in [1.82, 2.24) is 5.32 Å². The van der Waals surface area contributed by atoms with Crippen molar-refractivity contribution in [2.75, 3.05) is 13.7 Å². The molecule has 108 valence electrons. The fourth-order valence-electron chi connectivity index (χ4n) is 2.18. The Balaban J connectivity index is 2.20. The zero-order chi connectivity index (χ0) is 14.5. The number of ether oxygens (including phenoxy) is 1. The molecule has 0 bridgehead atoms. The molecule has 0 spiro atoms. The summed E-state index contributed by atoms with van der Waals surface area (Å²) in [5.41, 5.74) is 2.37. The van der Waals surface area contributed by atoms with Crippen LogP contribution in [0.4, 0.5) is 0 Å². The summed E-state index contributed by atoms with van der Waals surface area (Å²) in [5.74, 6) is 0.919. The van der Waals surface area contributed by atoms with Crippen LogP contribution in [0.5, 0.6) is 5.75 Å². The zero-order valence-electron chi connectivity index (χ0n) is 12.1. The van der Waals surface area contributed by atoms with Crippen LogP contribution >= 0.6 is 22.9 Å². The average Bonchev–Trinajstić information content (AvgIpc) is 2.90. The summed E-state index contributed by atoms with van der Waals surface area (Å²) in [6.45, 7) is 5.10. The van der Waals surface area contributed by atoms with Crippen LogP contribution in [0.2, 0.25) is 5.02 Å². The van der Waals surface area contributed by atoms with Gasteiger partial charge in [-0.15, -0.1) is 11.3 Å². The Kier molecular flexibility index (Phi) is 5.46. The van der Waals surface area contributed by atoms with Gasteiger partial charge in [-0.05, 0) is 43.1 Å². The molecule has 0 aliphatic rings. The van der Waals surface area contributed by atoms with Gasteiger partial charge >= 0.3 is 0 Å². The van der Waals surface area contributed by atoms with Gasteiger partial charge in [0.1, 0.15) is 5.75 Å². The third-order valence-corrected chi connectivity index (χ3v) is 4.63. The van der Waals surface area contributed by atoms with E-state index in [1.165, 1.54) is 16.0 Å². The number of likely N-dealkylation sites (N-methyl/N-ethyl adjacent to an activating group) is 1. The molecule has 1 aromatic carbocycles. The lowest BCUT2D eigenvalue weighted by molar-refractivity contribution is 0.415. The minimum absolute atomic E-state index is 0.272. The molecule has 0 aliphatic carbocycles. The smallest absolute Gasteiger partial charge is 0.129 e. The first-order valence-electron chi connectivity index (χ1n) is 6.75. The fourth-order valence-corrected chi connectivity index (χ4v) is 3.43. The van der Waals surface area contributed by atoms with Gasteiger partial charge in [-0.25, -0.2) is 0 Å². The number of benzene rings is 1. The molecule has 2 rings (SSSR count). The topological polar surface area (TPSA) is 21.3 Å². The third kappa shape index (κ3) is 3.75. The lowest BCUT2D eigenvalue weighted by Crippen LogP contribution is -2.22. The SMILES string of the molecule is CCNC(Cc1ccc(C)cc1Cl)c1cc(OC)cs1. The van der Waals surface area contributed by atoms with Gasteiger partial charge in [-0.3, -0.25) is 0 Å². The number of methoxy groups -OCH3 is 1. The van der Waals surface area contributed by atoms with Gasteiger partial charge in [0.25, 0.3) is 0 Å². The van der Waals surface area contributed by atoms with Crippen molar-refractivity contribution in [3.63, 3.8) is 0 Å². The summed E-state index contributed by atoms with van der Waals surface area (Å²) in [7, 11) is 1.70. The number of rotatable bonds is 6. The second-order valence-corrected chi connectivity index (χ2v) is 6.15. The van der Waals surface area contributed by atoms with Gasteiger partial charge in [0.05, 0.1) is 7.11 Å². The predicted molar refractivity (Wildman–Crippen MR) is 87.2 cm³/mol. The summed E-state index contributed by atoms with van der Waals surface area (Å²) in [5, 5.41) is 6.40. The van der Waals surface area contributed by atoms with Crippen molar-refractivity contribution in [3.05, 3.63) is 50.7 Å². The summed E-state index contributed by atoms with van der Waals surface area (Å²) in [4.78, 5) is 1.28. The number of thiophene rings is 1. The van der Waals surface area contributed by atoms with Crippen LogP contribution in [0.15, 0.2) is 29.6 Å². The quantitative estimate of drug-likeness (QED) is 0.841. The van der Waals surface area contributed by atoms with Crippen LogP contribution in [0.25, 0.3) is 0 Å². The van der Waals surface area contributed by atoms with Crippen molar-refractivity contribution >= 4 is 22.9 Å². The normalized spacial score (nSPS) is 12.4. The maximum absolute atomic E-state index is 6.34. The monoisotopic (exact) mass is 309 g/mol. The molecule has 1 unspecified atom stereocenters. The Labute approximate surface area is 129 Å². The number of hydrogen-bond donors (Lipinski definition) is 1. The van der Waals surface area contributed by atoms with E-state index < -0.39 is 0 Å². The molecule has 1 N–H and O–H groups in total. The van der Waals surface area contributed by atoms with E-state index in [2.05, 4.69) is 37.4 Å². The summed E-state index contributed by atoms with van der Waals surface area (Å²) < 4.78 is 5.27. The molecule has 0 radical (unpaired) electrons. The van der Waals surface area contributed by atoms with E-state index in [1.807, 2.05) is 11.4 Å². The van der Waals surface area contributed by atoms with Crippen LogP contribution in [-0.4, -0.2) is 13.7 Å². The van der Waals surface area contributed by atoms with Crippen molar-refractivity contribution in [3.8, 4) is 5.75 Å². The van der Waals surface area contributed by atoms with Crippen molar-refractivity contribution in [2.45, 2.75) is 26.3 Å². The second-order valence-electron chi connectivity index (χ2n) is 4.80. The highest BCUT2D eigenvalue weighted by Gasteiger charge is 2.15. The number of aryl methyl sites for hydroxylation is 1. The molecule has 4 heteroatoms. The molecule has 0 saturated carbocycles. The average molecular weight is 310 g/mol. The summed E-state index contributed by atoms with van der Waals surface area (Å²) >= 11 is 8.06.